The molecule has 1 heterocycles. The molecule has 14 heteroatoms. The molecule has 0 aromatic carbocycles. The topological polar surface area (TPSA) is 193 Å². The Bertz CT molecular complexity index is 652. The summed E-state index contributed by atoms with van der Waals surface area (Å²) in [5.41, 5.74) is 9.68. The normalized spacial score (nSPS) is 11.3. The fourth-order valence-electron chi connectivity index (χ4n) is 1.36. The van der Waals surface area contributed by atoms with E-state index in [9.17, 15) is 26.4 Å². The zero-order chi connectivity index (χ0) is 25.3. The van der Waals surface area contributed by atoms with Crippen molar-refractivity contribution in [3.05, 3.63) is 31.4 Å². The van der Waals surface area contributed by atoms with E-state index < -0.39 is 19.7 Å². The number of carbonyl (C=O) groups excluding carboxylic acids is 2. The van der Waals surface area contributed by atoms with E-state index in [1.807, 2.05) is 6.92 Å². The smallest absolute Gasteiger partial charge is 0.370 e. The molecule has 1 aliphatic heterocycles. The van der Waals surface area contributed by atoms with Gasteiger partial charge in [0.25, 0.3) is 0 Å². The maximum atomic E-state index is 11.0. The number of sulfone groups is 2. The predicted molar refractivity (Wildman–Crippen MR) is 174 cm³/mol. The molecule has 0 aromatic heterocycles. The van der Waals surface area contributed by atoms with Crippen LogP contribution in [0.4, 0.5) is 0 Å². The number of primary amides is 1. The molecule has 237 valence electrons. The average molecular weight is 616 g/mol. The van der Waals surface area contributed by atoms with Crippen LogP contribution >= 0.6 is 0 Å². The molecule has 39 heavy (non-hydrogen) atoms. The molecule has 1 amide bonds. The van der Waals surface area contributed by atoms with Crippen LogP contribution in [-0.2, 0) is 29.3 Å². The van der Waals surface area contributed by atoms with Gasteiger partial charge < -0.3 is 34.7 Å². The quantitative estimate of drug-likeness (QED) is 0.216. The van der Waals surface area contributed by atoms with Crippen LogP contribution in [0, 0.1) is 7.43 Å². The molecule has 1 rings (SSSR count). The minimum atomic E-state index is -3.13. The zero-order valence-corrected chi connectivity index (χ0v) is 26.5. The van der Waals surface area contributed by atoms with Crippen LogP contribution in [0.1, 0.15) is 83.1 Å². The Kier molecular flexibility index (Phi) is 106. The van der Waals surface area contributed by atoms with E-state index in [0.29, 0.717) is 24.3 Å². The number of nitrogens with two attached hydrogens (primary N) is 2. The van der Waals surface area contributed by atoms with Crippen LogP contribution in [0.25, 0.3) is 0 Å². The van der Waals surface area contributed by atoms with Gasteiger partial charge in [-0.1, -0.05) is 70.6 Å². The third-order valence-corrected chi connectivity index (χ3v) is 5.78. The summed E-state index contributed by atoms with van der Waals surface area (Å²) in [5, 5.41) is 1.69. The van der Waals surface area contributed by atoms with Gasteiger partial charge in [-0.15, -0.1) is 0 Å². The van der Waals surface area contributed by atoms with E-state index in [4.69, 9.17) is 5.73 Å². The molecule has 0 aromatic rings. The average Bonchev–Trinajstić information content (AvgIpc) is 2.76. The van der Waals surface area contributed by atoms with Crippen LogP contribution in [0.2, 0.25) is 0 Å². The van der Waals surface area contributed by atoms with Crippen molar-refractivity contribution in [2.75, 3.05) is 37.7 Å². The molecule has 1 saturated heterocycles. The van der Waals surface area contributed by atoms with Crippen molar-refractivity contribution in [1.29, 1.82) is 0 Å². The zero-order valence-electron chi connectivity index (χ0n) is 22.9. The van der Waals surface area contributed by atoms with Gasteiger partial charge in [-0.25, -0.2) is 16.8 Å². The van der Waals surface area contributed by atoms with E-state index >= 15 is 0 Å². The van der Waals surface area contributed by atoms with Gasteiger partial charge in [-0.2, -0.15) is 0 Å². The van der Waals surface area contributed by atoms with Crippen molar-refractivity contribution in [2.45, 2.75) is 83.1 Å². The monoisotopic (exact) mass is 615 g/mol. The molecular weight excluding hydrogens is 550 g/mol. The fourth-order valence-corrected chi connectivity index (χ4v) is 2.77. The molecular formula is C25H65BN4NaO6S2. The van der Waals surface area contributed by atoms with Crippen molar-refractivity contribution >= 4 is 40.3 Å². The van der Waals surface area contributed by atoms with Gasteiger partial charge in [0, 0.05) is 45.2 Å². The summed E-state index contributed by atoms with van der Waals surface area (Å²) in [4.78, 5) is 21.0. The number of amides is 1. The summed E-state index contributed by atoms with van der Waals surface area (Å²) >= 11 is 0. The summed E-state index contributed by atoms with van der Waals surface area (Å²) in [6.07, 6.45) is 4.17. The summed E-state index contributed by atoms with van der Waals surface area (Å²) in [7, 11) is -5.81. The summed E-state index contributed by atoms with van der Waals surface area (Å²) in [5.74, 6) is 0.463. The van der Waals surface area contributed by atoms with Crippen molar-refractivity contribution < 1.29 is 56.0 Å². The first-order valence-corrected chi connectivity index (χ1v) is 13.6. The van der Waals surface area contributed by atoms with Crippen LogP contribution in [0.15, 0.2) is 24.0 Å². The Labute approximate surface area is 269 Å². The summed E-state index contributed by atoms with van der Waals surface area (Å²) in [6, 6.07) is 0. The Balaban J connectivity index is -0.0000000235. The van der Waals surface area contributed by atoms with E-state index in [0.717, 1.165) is 56.1 Å². The molecule has 0 saturated carbocycles. The number of aldehydes is 1. The van der Waals surface area contributed by atoms with Crippen molar-refractivity contribution in [1.82, 2.24) is 11.1 Å². The molecule has 0 aliphatic carbocycles. The van der Waals surface area contributed by atoms with Gasteiger partial charge in [0.2, 0.25) is 5.91 Å². The SMILES string of the molecule is C.C.C.C.C=CS(=O)(=O)C=C.CCC(N)=O.CCC=O.CCCN.CCCN1CCS(=O)(=O)CC1.N.[B].[CH3-].[Na+]. The van der Waals surface area contributed by atoms with Crippen molar-refractivity contribution in [2.24, 2.45) is 11.5 Å². The van der Waals surface area contributed by atoms with Gasteiger partial charge in [0.15, 0.2) is 19.7 Å². The predicted octanol–water partition coefficient (Wildman–Crippen LogP) is 1.43. The van der Waals surface area contributed by atoms with E-state index in [-0.39, 0.29) is 87.2 Å². The molecule has 0 atom stereocenters. The number of carbonyl (C=O) groups is 2. The largest absolute Gasteiger partial charge is 1.00 e. The van der Waals surface area contributed by atoms with E-state index in [2.05, 4.69) is 37.6 Å². The molecule has 7 N–H and O–H groups in total. The first-order valence-electron chi connectivity index (χ1n) is 10.2. The van der Waals surface area contributed by atoms with Gasteiger partial charge in [-0.05, 0) is 25.9 Å². The second-order valence-electron chi connectivity index (χ2n) is 6.10. The Morgan fingerprint density at radius 1 is 0.949 bits per heavy atom. The molecule has 1 fully saturated rings. The van der Waals surface area contributed by atoms with Gasteiger partial charge >= 0.3 is 29.6 Å². The fraction of sp³-hybridized carbons (Fsp3) is 0.720. The molecule has 0 bridgehead atoms. The molecule has 3 radical (unpaired) electrons. The first-order chi connectivity index (χ1) is 14.4. The van der Waals surface area contributed by atoms with Crippen LogP contribution < -0.4 is 47.2 Å². The first kappa shape index (κ1) is 77.1. The van der Waals surface area contributed by atoms with Crippen LogP contribution in [-0.4, -0.2) is 80.0 Å². The van der Waals surface area contributed by atoms with Gasteiger partial charge in [0.05, 0.1) is 11.5 Å². The third kappa shape index (κ3) is 78.7. The van der Waals surface area contributed by atoms with Crippen LogP contribution in [0.5, 0.6) is 0 Å². The third-order valence-electron chi connectivity index (χ3n) is 3.25. The summed E-state index contributed by atoms with van der Waals surface area (Å²) < 4.78 is 42.2. The second kappa shape index (κ2) is 53.7. The Hall–Kier alpha value is -0.535. The maximum Gasteiger partial charge on any atom is 1.00 e. The number of hydrogen-bond acceptors (Lipinski definition) is 9. The Morgan fingerprint density at radius 2 is 1.23 bits per heavy atom. The summed E-state index contributed by atoms with van der Waals surface area (Å²) in [6.45, 7) is 17.1. The van der Waals surface area contributed by atoms with E-state index in [1.54, 1.807) is 6.92 Å². The van der Waals surface area contributed by atoms with E-state index in [1.165, 1.54) is 0 Å². The molecule has 1 aliphatic rings. The Morgan fingerprint density at radius 3 is 1.36 bits per heavy atom. The van der Waals surface area contributed by atoms with Gasteiger partial charge in [0.1, 0.15) is 6.29 Å². The van der Waals surface area contributed by atoms with Crippen LogP contribution in [0.3, 0.4) is 0 Å². The molecule has 10 nitrogen and oxygen atoms in total. The number of rotatable bonds is 7. The number of nitrogens with zero attached hydrogens (tertiary/aromatic N) is 1. The minimum absolute atomic E-state index is 0. The maximum absolute atomic E-state index is 11.0. The number of hydrogen-bond donors (Lipinski definition) is 3. The molecule has 0 spiro atoms. The standard InChI is InChI=1S/C7H15NO2S.C4H6O2S.C3H7NO.C3H9N.C3H6O.4CH4.CH3.B.H3N.Na/c1-2-3-8-4-6-11(9,10)7-5-8;1-3-7(5,6)4-2;1-2-3(4)5;2*1-2-3-4;;;;;;;;/h2-7H2,1H3;3-4H,1-2H2;2H2,1H3,(H2,4,5);2-4H2,1H3;3H,2H2,1H3;4*1H4;1H3;;1H3;/q;;;;;;;;;-1;;;+1. The van der Waals surface area contributed by atoms with Gasteiger partial charge in [-0.3, -0.25) is 4.79 Å². The van der Waals surface area contributed by atoms with Crippen molar-refractivity contribution in [3.63, 3.8) is 0 Å². The molecule has 0 unspecified atom stereocenters. The second-order valence-corrected chi connectivity index (χ2v) is 10.2. The minimum Gasteiger partial charge on any atom is -0.370 e. The van der Waals surface area contributed by atoms with Crippen molar-refractivity contribution in [3.8, 4) is 0 Å².